The Labute approximate surface area is 180 Å². The Bertz CT molecular complexity index is 971. The monoisotopic (exact) mass is 426 g/mol. The Hall–Kier alpha value is -3.30. The molecule has 0 radical (unpaired) electrons. The van der Waals surface area contributed by atoms with Gasteiger partial charge in [0, 0.05) is 38.5 Å². The maximum absolute atomic E-state index is 11.8. The summed E-state index contributed by atoms with van der Waals surface area (Å²) in [7, 11) is 1.62. The van der Waals surface area contributed by atoms with Gasteiger partial charge >= 0.3 is 6.09 Å². The van der Waals surface area contributed by atoms with Crippen molar-refractivity contribution in [3.05, 3.63) is 47.8 Å². The molecule has 2 aromatic rings. The average Bonchev–Trinajstić information content (AvgIpc) is 2.79. The topological polar surface area (TPSA) is 107 Å². The molecule has 1 saturated heterocycles. The van der Waals surface area contributed by atoms with Crippen LogP contribution >= 0.6 is 0 Å². The summed E-state index contributed by atoms with van der Waals surface area (Å²) in [6.07, 6.45) is 0.544. The summed E-state index contributed by atoms with van der Waals surface area (Å²) in [5.74, 6) is 0.988. The summed E-state index contributed by atoms with van der Waals surface area (Å²) >= 11 is 0. The Kier molecular flexibility index (Phi) is 6.24. The largest absolute Gasteiger partial charge is 0.508 e. The normalized spacial score (nSPS) is 16.0. The van der Waals surface area contributed by atoms with Crippen molar-refractivity contribution in [1.29, 1.82) is 0 Å². The first-order chi connectivity index (χ1) is 15.1. The van der Waals surface area contributed by atoms with Crippen molar-refractivity contribution in [2.75, 3.05) is 51.5 Å². The van der Waals surface area contributed by atoms with Crippen molar-refractivity contribution >= 4 is 17.6 Å². The molecule has 164 valence electrons. The van der Waals surface area contributed by atoms with Gasteiger partial charge in [-0.2, -0.15) is 0 Å². The number of benzene rings is 1. The van der Waals surface area contributed by atoms with Gasteiger partial charge < -0.3 is 29.9 Å². The van der Waals surface area contributed by atoms with Crippen LogP contribution in [0.4, 0.5) is 10.6 Å². The predicted octanol–water partition coefficient (Wildman–Crippen LogP) is 2.32. The van der Waals surface area contributed by atoms with Crippen molar-refractivity contribution in [3.8, 4) is 16.9 Å². The third kappa shape index (κ3) is 4.57. The van der Waals surface area contributed by atoms with Crippen molar-refractivity contribution in [2.45, 2.75) is 6.54 Å². The molecule has 0 spiro atoms. The summed E-state index contributed by atoms with van der Waals surface area (Å²) in [5, 5.41) is 22.7. The first-order valence-corrected chi connectivity index (χ1v) is 10.2. The number of pyridine rings is 1. The van der Waals surface area contributed by atoms with Crippen LogP contribution in [0.1, 0.15) is 11.3 Å². The number of phenolic OH excluding ortho intramolecular Hbond substituents is 1. The lowest BCUT2D eigenvalue weighted by Crippen LogP contribution is -2.37. The van der Waals surface area contributed by atoms with Crippen molar-refractivity contribution in [2.24, 2.45) is 0 Å². The van der Waals surface area contributed by atoms with Crippen LogP contribution in [0.2, 0.25) is 0 Å². The van der Waals surface area contributed by atoms with E-state index in [1.165, 1.54) is 4.90 Å². The summed E-state index contributed by atoms with van der Waals surface area (Å²) in [6.45, 7) is 3.92. The predicted molar refractivity (Wildman–Crippen MR) is 116 cm³/mol. The van der Waals surface area contributed by atoms with Gasteiger partial charge in [-0.3, -0.25) is 4.90 Å². The quantitative estimate of drug-likeness (QED) is 0.604. The number of rotatable bonds is 6. The molecule has 0 bridgehead atoms. The first kappa shape index (κ1) is 21.0. The molecule has 0 saturated carbocycles. The van der Waals surface area contributed by atoms with E-state index < -0.39 is 6.09 Å². The van der Waals surface area contributed by atoms with Crippen LogP contribution in [0, 0.1) is 0 Å². The number of carbonyl (C=O) groups is 1. The molecule has 1 aromatic carbocycles. The summed E-state index contributed by atoms with van der Waals surface area (Å²) < 4.78 is 10.6. The highest BCUT2D eigenvalue weighted by molar-refractivity contribution is 5.81. The number of carboxylic acid groups (broad SMARTS) is 1. The van der Waals surface area contributed by atoms with Gasteiger partial charge in [-0.25, -0.2) is 9.78 Å². The molecule has 3 heterocycles. The number of fused-ring (bicyclic) bond motifs is 1. The highest BCUT2D eigenvalue weighted by Crippen LogP contribution is 2.36. The van der Waals surface area contributed by atoms with Crippen LogP contribution in [0.25, 0.3) is 16.8 Å². The van der Waals surface area contributed by atoms with Crippen LogP contribution in [-0.4, -0.2) is 72.8 Å². The zero-order chi connectivity index (χ0) is 21.8. The number of hydrogen-bond donors (Lipinski definition) is 3. The first-order valence-electron chi connectivity index (χ1n) is 10.2. The number of morpholine rings is 1. The Morgan fingerprint density at radius 1 is 1.26 bits per heavy atom. The number of nitrogens with one attached hydrogen (secondary N) is 1. The minimum absolute atomic E-state index is 0.175. The van der Waals surface area contributed by atoms with E-state index >= 15 is 0 Å². The smallest absolute Gasteiger partial charge is 0.411 e. The number of ether oxygens (including phenoxy) is 2. The van der Waals surface area contributed by atoms with Gasteiger partial charge in [-0.1, -0.05) is 12.1 Å². The summed E-state index contributed by atoms with van der Waals surface area (Å²) in [4.78, 5) is 20.1. The lowest BCUT2D eigenvalue weighted by atomic mass is 9.95. The van der Waals surface area contributed by atoms with E-state index in [2.05, 4.69) is 10.2 Å². The molecule has 4 rings (SSSR count). The zero-order valence-electron chi connectivity index (χ0n) is 17.4. The highest BCUT2D eigenvalue weighted by atomic mass is 16.5. The van der Waals surface area contributed by atoms with E-state index in [4.69, 9.17) is 14.5 Å². The fourth-order valence-corrected chi connectivity index (χ4v) is 3.77. The summed E-state index contributed by atoms with van der Waals surface area (Å²) in [6, 6.07) is 8.91. The van der Waals surface area contributed by atoms with E-state index in [0.717, 1.165) is 41.3 Å². The van der Waals surface area contributed by atoms with Crippen molar-refractivity contribution in [1.82, 2.24) is 15.2 Å². The van der Waals surface area contributed by atoms with E-state index in [9.17, 15) is 15.0 Å². The number of aromatic hydroxyl groups is 1. The number of nitrogens with zero attached hydrogens (tertiary/aromatic N) is 3. The Morgan fingerprint density at radius 2 is 2.00 bits per heavy atom. The fourth-order valence-electron chi connectivity index (χ4n) is 3.77. The van der Waals surface area contributed by atoms with E-state index in [-0.39, 0.29) is 12.3 Å². The molecule has 0 aliphatic carbocycles. The third-order valence-electron chi connectivity index (χ3n) is 5.36. The van der Waals surface area contributed by atoms with Crippen LogP contribution in [-0.2, 0) is 16.0 Å². The van der Waals surface area contributed by atoms with Gasteiger partial charge in [-0.05, 0) is 29.3 Å². The van der Waals surface area contributed by atoms with Crippen LogP contribution in [0.3, 0.4) is 0 Å². The van der Waals surface area contributed by atoms with E-state index in [1.54, 1.807) is 25.4 Å². The number of hydrogen-bond acceptors (Lipinski definition) is 7. The van der Waals surface area contributed by atoms with Gasteiger partial charge in [0.05, 0.1) is 37.8 Å². The Morgan fingerprint density at radius 3 is 2.68 bits per heavy atom. The van der Waals surface area contributed by atoms with E-state index in [1.807, 2.05) is 18.2 Å². The second-order valence-corrected chi connectivity index (χ2v) is 7.37. The Balaban J connectivity index is 1.84. The fraction of sp³-hybridized carbons (Fsp3) is 0.364. The molecule has 0 unspecified atom stereocenters. The second-order valence-electron chi connectivity index (χ2n) is 7.37. The SMILES string of the molecule is COCCNC1=CN(C(=O)O)Cc2c(-c3ccc(O)cc3)cc(N3CCOCC3)nc21. The minimum atomic E-state index is -1.04. The third-order valence-corrected chi connectivity index (χ3v) is 5.36. The number of anilines is 1. The number of aromatic nitrogens is 1. The average molecular weight is 426 g/mol. The molecule has 9 heteroatoms. The molecule has 1 aromatic heterocycles. The number of phenols is 1. The lowest BCUT2D eigenvalue weighted by molar-refractivity contribution is 0.122. The molecule has 0 atom stereocenters. The molecule has 1 fully saturated rings. The lowest BCUT2D eigenvalue weighted by Gasteiger charge is -2.32. The molecule has 3 N–H and O–H groups in total. The molecular formula is C22H26N4O5. The van der Waals surface area contributed by atoms with E-state index in [0.29, 0.717) is 32.1 Å². The molecular weight excluding hydrogens is 400 g/mol. The highest BCUT2D eigenvalue weighted by Gasteiger charge is 2.27. The van der Waals surface area contributed by atoms with Gasteiger partial charge in [-0.15, -0.1) is 0 Å². The maximum Gasteiger partial charge on any atom is 0.411 e. The van der Waals surface area contributed by atoms with Gasteiger partial charge in [0.25, 0.3) is 0 Å². The van der Waals surface area contributed by atoms with Crippen molar-refractivity contribution in [3.63, 3.8) is 0 Å². The summed E-state index contributed by atoms with van der Waals surface area (Å²) in [5.41, 5.74) is 3.94. The van der Waals surface area contributed by atoms with Crippen LogP contribution in [0.15, 0.2) is 36.5 Å². The minimum Gasteiger partial charge on any atom is -0.508 e. The van der Waals surface area contributed by atoms with Crippen LogP contribution < -0.4 is 10.2 Å². The van der Waals surface area contributed by atoms with Crippen LogP contribution in [0.5, 0.6) is 5.75 Å². The molecule has 31 heavy (non-hydrogen) atoms. The number of amides is 1. The standard InChI is InChI=1S/C22H26N4O5/c1-30-9-6-23-19-14-26(22(28)29)13-18-17(15-2-4-16(27)5-3-15)12-20(24-21(18)19)25-7-10-31-11-8-25/h2-5,12,14,23,27H,6-11,13H2,1H3,(H,28,29). The zero-order valence-corrected chi connectivity index (χ0v) is 17.4. The molecule has 1 amide bonds. The number of methoxy groups -OCH3 is 1. The second kappa shape index (κ2) is 9.23. The maximum atomic E-state index is 11.8. The van der Waals surface area contributed by atoms with Gasteiger partial charge in [0.1, 0.15) is 11.6 Å². The van der Waals surface area contributed by atoms with Gasteiger partial charge in [0.2, 0.25) is 0 Å². The van der Waals surface area contributed by atoms with Gasteiger partial charge in [0.15, 0.2) is 0 Å². The van der Waals surface area contributed by atoms with Crippen molar-refractivity contribution < 1.29 is 24.5 Å². The molecule has 2 aliphatic heterocycles. The molecule has 2 aliphatic rings. The molecule has 9 nitrogen and oxygen atoms in total.